The summed E-state index contributed by atoms with van der Waals surface area (Å²) >= 11 is 0. The van der Waals surface area contributed by atoms with Crippen molar-refractivity contribution in [2.45, 2.75) is 43.9 Å². The van der Waals surface area contributed by atoms with Gasteiger partial charge in [0, 0.05) is 38.4 Å². The van der Waals surface area contributed by atoms with Crippen molar-refractivity contribution in [1.82, 2.24) is 24.7 Å². The molecular formula is C26H25N5O5. The van der Waals surface area contributed by atoms with Crippen LogP contribution in [0.1, 0.15) is 57.5 Å². The SMILES string of the molecule is O=C1CCC(N2C(=O)c3ccc(C4(O)CCN(Cc5cccn6nccc56)CC4)cc3C2=O)C(=O)N1. The first-order chi connectivity index (χ1) is 17.3. The lowest BCUT2D eigenvalue weighted by atomic mass is 9.83. The molecule has 0 spiro atoms. The van der Waals surface area contributed by atoms with Crippen molar-refractivity contribution in [3.05, 3.63) is 71.0 Å². The molecule has 3 aliphatic heterocycles. The minimum atomic E-state index is -1.13. The number of carbonyl (C=O) groups is 4. The van der Waals surface area contributed by atoms with Gasteiger partial charge in [-0.2, -0.15) is 5.10 Å². The number of likely N-dealkylation sites (tertiary alicyclic amines) is 1. The fraction of sp³-hybridized carbons (Fsp3) is 0.346. The number of imide groups is 2. The second-order valence-electron chi connectivity index (χ2n) is 9.71. The van der Waals surface area contributed by atoms with Gasteiger partial charge in [-0.3, -0.25) is 34.3 Å². The summed E-state index contributed by atoms with van der Waals surface area (Å²) in [6.45, 7) is 2.07. The lowest BCUT2D eigenvalue weighted by Gasteiger charge is -2.38. The maximum absolute atomic E-state index is 13.2. The van der Waals surface area contributed by atoms with E-state index in [1.807, 2.05) is 22.8 Å². The quantitative estimate of drug-likeness (QED) is 0.530. The molecule has 0 saturated carbocycles. The second-order valence-corrected chi connectivity index (χ2v) is 9.71. The Morgan fingerprint density at radius 1 is 1.03 bits per heavy atom. The van der Waals surface area contributed by atoms with Crippen LogP contribution in [0.25, 0.3) is 5.52 Å². The van der Waals surface area contributed by atoms with Crippen molar-refractivity contribution in [3.8, 4) is 0 Å². The minimum absolute atomic E-state index is 0.0703. The molecule has 3 aliphatic rings. The Hall–Kier alpha value is -3.89. The van der Waals surface area contributed by atoms with Gasteiger partial charge < -0.3 is 5.11 Å². The van der Waals surface area contributed by atoms with Crippen molar-refractivity contribution in [2.24, 2.45) is 0 Å². The van der Waals surface area contributed by atoms with Gasteiger partial charge in [0.2, 0.25) is 11.8 Å². The van der Waals surface area contributed by atoms with E-state index in [2.05, 4.69) is 21.4 Å². The lowest BCUT2D eigenvalue weighted by Crippen LogP contribution is -2.54. The van der Waals surface area contributed by atoms with E-state index in [1.54, 1.807) is 24.4 Å². The highest BCUT2D eigenvalue weighted by molar-refractivity contribution is 6.23. The number of hydrogen-bond donors (Lipinski definition) is 2. The first kappa shape index (κ1) is 22.6. The molecule has 10 nitrogen and oxygen atoms in total. The maximum atomic E-state index is 13.2. The van der Waals surface area contributed by atoms with Gasteiger partial charge in [0.15, 0.2) is 0 Å². The zero-order valence-electron chi connectivity index (χ0n) is 19.5. The van der Waals surface area contributed by atoms with Crippen LogP contribution in [0.2, 0.25) is 0 Å². The molecular weight excluding hydrogens is 462 g/mol. The average Bonchev–Trinajstić information content (AvgIpc) is 3.45. The van der Waals surface area contributed by atoms with Gasteiger partial charge in [-0.1, -0.05) is 12.1 Å². The first-order valence-electron chi connectivity index (χ1n) is 12.1. The lowest BCUT2D eigenvalue weighted by molar-refractivity contribution is -0.136. The van der Waals surface area contributed by atoms with Crippen LogP contribution in [-0.4, -0.2) is 67.3 Å². The Kier molecular flexibility index (Phi) is 5.24. The van der Waals surface area contributed by atoms with Crippen molar-refractivity contribution >= 4 is 29.1 Å². The number of aromatic nitrogens is 2. The summed E-state index contributed by atoms with van der Waals surface area (Å²) in [5, 5.41) is 18.0. The van der Waals surface area contributed by atoms with Gasteiger partial charge in [-0.05, 0) is 54.7 Å². The van der Waals surface area contributed by atoms with Crippen LogP contribution in [0.4, 0.5) is 0 Å². The van der Waals surface area contributed by atoms with E-state index in [9.17, 15) is 24.3 Å². The average molecular weight is 488 g/mol. The molecule has 5 heterocycles. The van der Waals surface area contributed by atoms with Gasteiger partial charge in [0.05, 0.1) is 22.2 Å². The van der Waals surface area contributed by atoms with Crippen molar-refractivity contribution in [2.75, 3.05) is 13.1 Å². The molecule has 3 aromatic rings. The normalized spacial score (nSPS) is 22.2. The highest BCUT2D eigenvalue weighted by Crippen LogP contribution is 2.37. The predicted octanol–water partition coefficient (Wildman–Crippen LogP) is 1.22. The molecule has 2 N–H and O–H groups in total. The number of nitrogens with one attached hydrogen (secondary N) is 1. The molecule has 6 rings (SSSR count). The number of piperidine rings is 2. The van der Waals surface area contributed by atoms with Crippen LogP contribution in [0, 0.1) is 0 Å². The number of aliphatic hydroxyl groups is 1. The molecule has 1 unspecified atom stereocenters. The van der Waals surface area contributed by atoms with Crippen LogP contribution in [0.5, 0.6) is 0 Å². The van der Waals surface area contributed by atoms with Crippen molar-refractivity contribution < 1.29 is 24.3 Å². The second kappa shape index (κ2) is 8.35. The zero-order valence-corrected chi connectivity index (χ0v) is 19.5. The fourth-order valence-electron chi connectivity index (χ4n) is 5.52. The zero-order chi connectivity index (χ0) is 25.0. The summed E-state index contributed by atoms with van der Waals surface area (Å²) in [5.74, 6) is -2.17. The molecule has 2 aromatic heterocycles. The van der Waals surface area contributed by atoms with E-state index in [-0.39, 0.29) is 24.0 Å². The largest absolute Gasteiger partial charge is 0.385 e. The third-order valence-electron chi connectivity index (χ3n) is 7.58. The standard InChI is InChI=1S/C26H25N5O5/c32-22-6-5-21(23(33)28-22)31-24(34)18-4-3-17(14-19(18)25(31)35)26(36)8-12-29(13-9-26)15-16-2-1-11-30-20(16)7-10-27-30/h1-4,7,10-11,14,21,36H,5-6,8-9,12-13,15H2,(H,28,32,33). The summed E-state index contributed by atoms with van der Waals surface area (Å²) in [6.07, 6.45) is 4.82. The smallest absolute Gasteiger partial charge is 0.262 e. The molecule has 184 valence electrons. The Labute approximate surface area is 206 Å². The number of hydrogen-bond acceptors (Lipinski definition) is 7. The van der Waals surface area contributed by atoms with Crippen LogP contribution >= 0.6 is 0 Å². The number of carbonyl (C=O) groups excluding carboxylic acids is 4. The fourth-order valence-corrected chi connectivity index (χ4v) is 5.52. The summed E-state index contributed by atoms with van der Waals surface area (Å²) in [4.78, 5) is 53.1. The van der Waals surface area contributed by atoms with Crippen LogP contribution < -0.4 is 5.32 Å². The molecule has 0 aliphatic carbocycles. The molecule has 2 fully saturated rings. The molecule has 36 heavy (non-hydrogen) atoms. The number of benzene rings is 1. The molecule has 1 atom stereocenters. The molecule has 2 saturated heterocycles. The maximum Gasteiger partial charge on any atom is 0.262 e. The van der Waals surface area contributed by atoms with Crippen LogP contribution in [-0.2, 0) is 21.7 Å². The number of fused-ring (bicyclic) bond motifs is 2. The topological polar surface area (TPSA) is 124 Å². The number of nitrogens with zero attached hydrogens (tertiary/aromatic N) is 4. The van der Waals surface area contributed by atoms with E-state index in [0.29, 0.717) is 31.5 Å². The summed E-state index contributed by atoms with van der Waals surface area (Å²) in [5.41, 5.74) is 2.08. The monoisotopic (exact) mass is 487 g/mol. The molecule has 1 aromatic carbocycles. The number of pyridine rings is 1. The van der Waals surface area contributed by atoms with Crippen LogP contribution in [0.3, 0.4) is 0 Å². The predicted molar refractivity (Wildman–Crippen MR) is 127 cm³/mol. The third kappa shape index (κ3) is 3.61. The van der Waals surface area contributed by atoms with Gasteiger partial charge >= 0.3 is 0 Å². The Morgan fingerprint density at radius 3 is 2.58 bits per heavy atom. The van der Waals surface area contributed by atoms with Crippen molar-refractivity contribution in [3.63, 3.8) is 0 Å². The molecule has 0 radical (unpaired) electrons. The number of amides is 4. The van der Waals surface area contributed by atoms with E-state index >= 15 is 0 Å². The van der Waals surface area contributed by atoms with E-state index in [4.69, 9.17) is 0 Å². The molecule has 4 amide bonds. The third-order valence-corrected chi connectivity index (χ3v) is 7.58. The molecule has 0 bridgehead atoms. The van der Waals surface area contributed by atoms with Gasteiger partial charge in [0.25, 0.3) is 11.8 Å². The van der Waals surface area contributed by atoms with E-state index in [1.165, 1.54) is 0 Å². The van der Waals surface area contributed by atoms with Gasteiger partial charge in [-0.15, -0.1) is 0 Å². The van der Waals surface area contributed by atoms with Gasteiger partial charge in [-0.25, -0.2) is 4.52 Å². The van der Waals surface area contributed by atoms with E-state index in [0.717, 1.165) is 22.5 Å². The summed E-state index contributed by atoms with van der Waals surface area (Å²) < 4.78 is 1.84. The first-order valence-corrected chi connectivity index (χ1v) is 12.1. The highest BCUT2D eigenvalue weighted by atomic mass is 16.3. The minimum Gasteiger partial charge on any atom is -0.385 e. The summed E-state index contributed by atoms with van der Waals surface area (Å²) in [7, 11) is 0. The summed E-state index contributed by atoms with van der Waals surface area (Å²) in [6, 6.07) is 9.86. The Balaban J connectivity index is 1.18. The van der Waals surface area contributed by atoms with Gasteiger partial charge in [0.1, 0.15) is 6.04 Å². The Bertz CT molecular complexity index is 1420. The highest BCUT2D eigenvalue weighted by Gasteiger charge is 2.45. The van der Waals surface area contributed by atoms with Crippen LogP contribution in [0.15, 0.2) is 48.8 Å². The molecule has 10 heteroatoms. The van der Waals surface area contributed by atoms with Crippen molar-refractivity contribution in [1.29, 1.82) is 0 Å². The number of rotatable bonds is 4. The Morgan fingerprint density at radius 2 is 1.81 bits per heavy atom. The van der Waals surface area contributed by atoms with E-state index < -0.39 is 35.3 Å².